The third-order valence-corrected chi connectivity index (χ3v) is 4.60. The van der Waals surface area contributed by atoms with E-state index >= 15 is 0 Å². The van der Waals surface area contributed by atoms with E-state index in [0.717, 1.165) is 51.3 Å². The number of anilines is 1. The molecule has 26 heavy (non-hydrogen) atoms. The van der Waals surface area contributed by atoms with Crippen molar-refractivity contribution in [2.75, 3.05) is 37.6 Å². The quantitative estimate of drug-likeness (QED) is 0.815. The van der Waals surface area contributed by atoms with Crippen LogP contribution >= 0.6 is 0 Å². The zero-order chi connectivity index (χ0) is 18.5. The van der Waals surface area contributed by atoms with Gasteiger partial charge in [0.05, 0.1) is 16.8 Å². The maximum Gasteiger partial charge on any atom is 0.387 e. The highest BCUT2D eigenvalue weighted by molar-refractivity contribution is 5.95. The van der Waals surface area contributed by atoms with Crippen LogP contribution in [0.25, 0.3) is 10.9 Å². The van der Waals surface area contributed by atoms with E-state index in [1.165, 1.54) is 6.07 Å². The second-order valence-electron chi connectivity index (χ2n) is 6.37. The Kier molecular flexibility index (Phi) is 5.84. The van der Waals surface area contributed by atoms with Gasteiger partial charge in [-0.3, -0.25) is 4.98 Å². The third-order valence-electron chi connectivity index (χ3n) is 4.60. The number of nitrogens with zero attached hydrogens (tertiary/aromatic N) is 4. The summed E-state index contributed by atoms with van der Waals surface area (Å²) in [6, 6.07) is 6.88. The summed E-state index contributed by atoms with van der Waals surface area (Å²) in [6.07, 6.45) is 3.65. The molecule has 0 saturated carbocycles. The molecule has 0 spiro atoms. The highest BCUT2D eigenvalue weighted by Gasteiger charge is 2.20. The molecule has 5 nitrogen and oxygen atoms in total. The lowest BCUT2D eigenvalue weighted by Gasteiger charge is -2.26. The van der Waals surface area contributed by atoms with Gasteiger partial charge in [0.15, 0.2) is 0 Å². The first-order valence-corrected chi connectivity index (χ1v) is 8.87. The number of nitriles is 1. The van der Waals surface area contributed by atoms with Gasteiger partial charge >= 0.3 is 6.61 Å². The molecule has 0 bridgehead atoms. The van der Waals surface area contributed by atoms with Crippen LogP contribution in [0.15, 0.2) is 24.4 Å². The van der Waals surface area contributed by atoms with Gasteiger partial charge in [-0.15, -0.1) is 0 Å². The first kappa shape index (κ1) is 18.3. The first-order chi connectivity index (χ1) is 12.6. The van der Waals surface area contributed by atoms with Crippen LogP contribution in [0.3, 0.4) is 0 Å². The van der Waals surface area contributed by atoms with E-state index in [4.69, 9.17) is 0 Å². The van der Waals surface area contributed by atoms with Crippen LogP contribution in [-0.2, 0) is 0 Å². The molecule has 0 N–H and O–H groups in total. The predicted octanol–water partition coefficient (Wildman–Crippen LogP) is 3.63. The zero-order valence-electron chi connectivity index (χ0n) is 14.8. The lowest BCUT2D eigenvalue weighted by Crippen LogP contribution is -2.31. The molecular formula is C19H22F2N4O. The van der Waals surface area contributed by atoms with Gasteiger partial charge in [0.2, 0.25) is 0 Å². The van der Waals surface area contributed by atoms with Crippen molar-refractivity contribution >= 4 is 16.6 Å². The lowest BCUT2D eigenvalue weighted by atomic mass is 10.1. The summed E-state index contributed by atoms with van der Waals surface area (Å²) < 4.78 is 29.7. The molecule has 0 aliphatic carbocycles. The van der Waals surface area contributed by atoms with Crippen molar-refractivity contribution in [1.82, 2.24) is 9.88 Å². The predicted molar refractivity (Wildman–Crippen MR) is 96.7 cm³/mol. The Bertz CT molecular complexity index is 806. The minimum absolute atomic E-state index is 0.0769. The van der Waals surface area contributed by atoms with E-state index in [1.807, 2.05) is 0 Å². The molecule has 1 aliphatic rings. The van der Waals surface area contributed by atoms with Crippen LogP contribution < -0.4 is 9.64 Å². The van der Waals surface area contributed by atoms with Gasteiger partial charge in [-0.05, 0) is 44.1 Å². The molecule has 1 fully saturated rings. The van der Waals surface area contributed by atoms with Crippen molar-refractivity contribution < 1.29 is 13.5 Å². The molecule has 3 rings (SSSR count). The number of pyridine rings is 1. The monoisotopic (exact) mass is 360 g/mol. The fraction of sp³-hybridized carbons (Fsp3) is 0.474. The Morgan fingerprint density at radius 2 is 2.12 bits per heavy atom. The number of hydrogen-bond donors (Lipinski definition) is 0. The van der Waals surface area contributed by atoms with Crippen LogP contribution in [0.5, 0.6) is 5.75 Å². The SMILES string of the molecule is CCCN1CCCN(c2c(C#N)cnc3ccc(OC(F)F)cc23)CC1. The van der Waals surface area contributed by atoms with E-state index < -0.39 is 6.61 Å². The number of aromatic nitrogens is 1. The molecular weight excluding hydrogens is 338 g/mol. The van der Waals surface area contributed by atoms with Gasteiger partial charge in [0, 0.05) is 31.2 Å². The van der Waals surface area contributed by atoms with Gasteiger partial charge in [-0.2, -0.15) is 14.0 Å². The minimum atomic E-state index is -2.89. The molecule has 1 aromatic carbocycles. The average molecular weight is 360 g/mol. The molecule has 0 radical (unpaired) electrons. The Balaban J connectivity index is 2.00. The standard InChI is InChI=1S/C19H22F2N4O/c1-2-6-24-7-3-8-25(10-9-24)18-14(12-22)13-23-17-5-4-15(11-16(17)18)26-19(20)21/h4-5,11,13,19H,2-3,6-10H2,1H3. The van der Waals surface area contributed by atoms with Gasteiger partial charge < -0.3 is 14.5 Å². The fourth-order valence-corrected chi connectivity index (χ4v) is 3.49. The fourth-order valence-electron chi connectivity index (χ4n) is 3.49. The van der Waals surface area contributed by atoms with Gasteiger partial charge in [0.25, 0.3) is 0 Å². The zero-order valence-corrected chi connectivity index (χ0v) is 14.8. The van der Waals surface area contributed by atoms with E-state index in [2.05, 4.69) is 32.5 Å². The average Bonchev–Trinajstić information content (AvgIpc) is 2.86. The molecule has 0 amide bonds. The number of fused-ring (bicyclic) bond motifs is 1. The summed E-state index contributed by atoms with van der Waals surface area (Å²) in [6.45, 7) is 3.87. The highest BCUT2D eigenvalue weighted by atomic mass is 19.3. The topological polar surface area (TPSA) is 52.4 Å². The van der Waals surface area contributed by atoms with Crippen LogP contribution in [0, 0.1) is 11.3 Å². The maximum absolute atomic E-state index is 12.6. The second kappa shape index (κ2) is 8.28. The van der Waals surface area contributed by atoms with Crippen LogP contribution in [0.2, 0.25) is 0 Å². The number of halogens is 2. The van der Waals surface area contributed by atoms with Crippen molar-refractivity contribution in [3.63, 3.8) is 0 Å². The van der Waals surface area contributed by atoms with E-state index in [1.54, 1.807) is 18.3 Å². The minimum Gasteiger partial charge on any atom is -0.435 e. The summed E-state index contributed by atoms with van der Waals surface area (Å²) >= 11 is 0. The van der Waals surface area contributed by atoms with Crippen molar-refractivity contribution in [3.05, 3.63) is 30.0 Å². The van der Waals surface area contributed by atoms with Crippen molar-refractivity contribution in [2.24, 2.45) is 0 Å². The smallest absolute Gasteiger partial charge is 0.387 e. The number of hydrogen-bond acceptors (Lipinski definition) is 5. The summed E-state index contributed by atoms with van der Waals surface area (Å²) in [4.78, 5) is 8.88. The molecule has 2 aromatic rings. The number of benzene rings is 1. The van der Waals surface area contributed by atoms with Crippen LogP contribution in [0.4, 0.5) is 14.5 Å². The van der Waals surface area contributed by atoms with Crippen LogP contribution in [-0.4, -0.2) is 49.2 Å². The molecule has 1 aliphatic heterocycles. The summed E-state index contributed by atoms with van der Waals surface area (Å²) in [5.41, 5.74) is 1.88. The second-order valence-corrected chi connectivity index (χ2v) is 6.37. The van der Waals surface area contributed by atoms with Crippen LogP contribution in [0.1, 0.15) is 25.3 Å². The highest BCUT2D eigenvalue weighted by Crippen LogP contribution is 2.33. The maximum atomic E-state index is 12.6. The van der Waals surface area contributed by atoms with E-state index in [9.17, 15) is 14.0 Å². The Morgan fingerprint density at radius 3 is 2.85 bits per heavy atom. The van der Waals surface area contributed by atoms with E-state index in [0.29, 0.717) is 16.5 Å². The summed E-state index contributed by atoms with van der Waals surface area (Å²) in [5.74, 6) is 0.0769. The normalized spacial score (nSPS) is 15.9. The van der Waals surface area contributed by atoms with E-state index in [-0.39, 0.29) is 5.75 Å². The molecule has 0 unspecified atom stereocenters. The molecule has 0 atom stereocenters. The lowest BCUT2D eigenvalue weighted by molar-refractivity contribution is -0.0497. The van der Waals surface area contributed by atoms with Gasteiger partial charge in [-0.1, -0.05) is 6.92 Å². The number of ether oxygens (including phenoxy) is 1. The number of rotatable bonds is 5. The molecule has 7 heteroatoms. The largest absolute Gasteiger partial charge is 0.435 e. The molecule has 2 heterocycles. The molecule has 1 aromatic heterocycles. The van der Waals surface area contributed by atoms with Gasteiger partial charge in [0.1, 0.15) is 11.8 Å². The number of alkyl halides is 2. The summed E-state index contributed by atoms with van der Waals surface area (Å²) in [7, 11) is 0. The Morgan fingerprint density at radius 1 is 1.27 bits per heavy atom. The Hall–Kier alpha value is -2.46. The third kappa shape index (κ3) is 4.02. The first-order valence-electron chi connectivity index (χ1n) is 8.87. The molecule has 138 valence electrons. The van der Waals surface area contributed by atoms with Gasteiger partial charge in [-0.25, -0.2) is 0 Å². The van der Waals surface area contributed by atoms with Crippen molar-refractivity contribution in [1.29, 1.82) is 5.26 Å². The Labute approximate surface area is 151 Å². The molecule has 1 saturated heterocycles. The van der Waals surface area contributed by atoms with Crippen molar-refractivity contribution in [2.45, 2.75) is 26.4 Å². The van der Waals surface area contributed by atoms with Crippen molar-refractivity contribution in [3.8, 4) is 11.8 Å². The summed E-state index contributed by atoms with van der Waals surface area (Å²) in [5, 5.41) is 10.2.